The maximum atomic E-state index is 13.4. The highest BCUT2D eigenvalue weighted by Gasteiger charge is 2.43. The van der Waals surface area contributed by atoms with Crippen molar-refractivity contribution < 1.29 is 40.2 Å². The Kier molecular flexibility index (Phi) is 7.67. The van der Waals surface area contributed by atoms with Crippen molar-refractivity contribution in [2.75, 3.05) is 0 Å². The Balaban J connectivity index is 1.69. The second kappa shape index (κ2) is 10.3. The van der Waals surface area contributed by atoms with Crippen LogP contribution in [0.1, 0.15) is 33.4 Å². The number of hydrogen-bond donors (Lipinski definition) is 1. The van der Waals surface area contributed by atoms with Gasteiger partial charge in [0.25, 0.3) is 0 Å². The van der Waals surface area contributed by atoms with Crippen LogP contribution in [0.3, 0.4) is 0 Å². The summed E-state index contributed by atoms with van der Waals surface area (Å²) >= 11 is 0. The fourth-order valence-electron chi connectivity index (χ4n) is 3.07. The van der Waals surface area contributed by atoms with Crippen molar-refractivity contribution in [1.29, 1.82) is 0 Å². The largest absolute Gasteiger partial charge is 0.507 e. The molecule has 0 saturated heterocycles. The molecule has 0 amide bonds. The molecular formula is C26H18F8O. The fraction of sp³-hybridized carbons (Fsp3) is 0.154. The molecule has 0 aliphatic rings. The lowest BCUT2D eigenvalue weighted by molar-refractivity contribution is -0.135. The zero-order chi connectivity index (χ0) is 25.8. The van der Waals surface area contributed by atoms with E-state index in [1.807, 2.05) is 0 Å². The van der Waals surface area contributed by atoms with Crippen LogP contribution in [0, 0.1) is 0 Å². The maximum Gasteiger partial charge on any atom is 0.332 e. The average Bonchev–Trinajstić information content (AvgIpc) is 2.82. The molecule has 0 aliphatic carbocycles. The fourth-order valence-corrected chi connectivity index (χ4v) is 3.07. The molecule has 35 heavy (non-hydrogen) atoms. The lowest BCUT2D eigenvalue weighted by atomic mass is 10.0. The van der Waals surface area contributed by atoms with E-state index in [-0.39, 0.29) is 5.75 Å². The molecule has 0 fully saturated rings. The van der Waals surface area contributed by atoms with Gasteiger partial charge in [0.15, 0.2) is 0 Å². The van der Waals surface area contributed by atoms with Crippen LogP contribution in [-0.4, -0.2) is 18.0 Å². The normalized spacial score (nSPS) is 13.0. The average molecular weight is 498 g/mol. The van der Waals surface area contributed by atoms with E-state index in [0.29, 0.717) is 22.3 Å². The molecule has 9 heteroatoms. The second-order valence-corrected chi connectivity index (χ2v) is 7.58. The van der Waals surface area contributed by atoms with Crippen molar-refractivity contribution in [1.82, 2.24) is 0 Å². The van der Waals surface area contributed by atoms with Crippen molar-refractivity contribution in [3.05, 3.63) is 100 Å². The van der Waals surface area contributed by atoms with E-state index in [4.69, 9.17) is 0 Å². The summed E-state index contributed by atoms with van der Waals surface area (Å²) in [5, 5.41) is 10.2. The summed E-state index contributed by atoms with van der Waals surface area (Å²) in [5.41, 5.74) is 0.269. The Morgan fingerprint density at radius 2 is 0.914 bits per heavy atom. The summed E-state index contributed by atoms with van der Waals surface area (Å²) in [5.74, 6) is -8.60. The number of rotatable bonds is 8. The first-order valence-electron chi connectivity index (χ1n) is 10.1. The molecule has 3 rings (SSSR count). The first-order chi connectivity index (χ1) is 16.4. The lowest BCUT2D eigenvalue weighted by Crippen LogP contribution is -2.23. The zero-order valence-corrected chi connectivity index (χ0v) is 17.8. The van der Waals surface area contributed by atoms with Gasteiger partial charge in [-0.2, -0.15) is 17.6 Å². The summed E-state index contributed by atoms with van der Waals surface area (Å²) < 4.78 is 103. The number of phenolic OH excluding ortho intramolecular Hbond substituents is 1. The summed E-state index contributed by atoms with van der Waals surface area (Å²) in [6.07, 6.45) is -1.49. The molecule has 0 radical (unpaired) electrons. The van der Waals surface area contributed by atoms with E-state index in [1.54, 1.807) is 24.3 Å². The van der Waals surface area contributed by atoms with Crippen LogP contribution in [-0.2, 0) is 11.8 Å². The first kappa shape index (κ1) is 26.0. The van der Waals surface area contributed by atoms with Gasteiger partial charge < -0.3 is 5.11 Å². The Morgan fingerprint density at radius 3 is 1.31 bits per heavy atom. The molecule has 0 aromatic heterocycles. The molecule has 0 bridgehead atoms. The van der Waals surface area contributed by atoms with Crippen molar-refractivity contribution in [3.8, 4) is 5.75 Å². The maximum absolute atomic E-state index is 13.4. The topological polar surface area (TPSA) is 20.2 Å². The van der Waals surface area contributed by atoms with Crippen LogP contribution in [0.15, 0.2) is 66.7 Å². The quantitative estimate of drug-likeness (QED) is 0.244. The minimum Gasteiger partial charge on any atom is -0.507 e. The summed E-state index contributed by atoms with van der Waals surface area (Å²) in [7, 11) is 0. The molecule has 0 unspecified atom stereocenters. The number of alkyl halides is 8. The molecule has 3 aromatic rings. The van der Waals surface area contributed by atoms with Gasteiger partial charge in [0.1, 0.15) is 5.75 Å². The van der Waals surface area contributed by atoms with Gasteiger partial charge >= 0.3 is 24.7 Å². The highest BCUT2D eigenvalue weighted by molar-refractivity contribution is 5.75. The molecular weight excluding hydrogens is 480 g/mol. The van der Waals surface area contributed by atoms with E-state index >= 15 is 0 Å². The van der Waals surface area contributed by atoms with E-state index < -0.39 is 35.8 Å². The molecule has 0 heterocycles. The van der Waals surface area contributed by atoms with Gasteiger partial charge in [-0.3, -0.25) is 0 Å². The highest BCUT2D eigenvalue weighted by Crippen LogP contribution is 2.35. The van der Waals surface area contributed by atoms with E-state index in [9.17, 15) is 40.2 Å². The molecule has 1 N–H and O–H groups in total. The molecule has 1 nitrogen and oxygen atoms in total. The summed E-state index contributed by atoms with van der Waals surface area (Å²) in [6, 6.07) is 13.3. The van der Waals surface area contributed by atoms with Gasteiger partial charge in [0.2, 0.25) is 0 Å². The standard InChI is InChI=1S/C26H18F8O/c27-23(28)25(31,32)20-11-5-16(6-12-20)1-2-18-4-10-19(22(35)15-18)9-3-17-7-13-21(14-8-17)26(33,34)24(29)30/h1-15,23-24,35H/b2-1+,9-3+. The van der Waals surface area contributed by atoms with Gasteiger partial charge in [-0.15, -0.1) is 0 Å². The lowest BCUT2D eigenvalue weighted by Gasteiger charge is -2.15. The molecule has 0 spiro atoms. The number of hydrogen-bond acceptors (Lipinski definition) is 1. The third kappa shape index (κ3) is 6.09. The minimum absolute atomic E-state index is 0.115. The van der Waals surface area contributed by atoms with Crippen LogP contribution in [0.4, 0.5) is 35.1 Å². The number of aromatic hydroxyl groups is 1. The first-order valence-corrected chi connectivity index (χ1v) is 10.1. The molecule has 3 aromatic carbocycles. The monoisotopic (exact) mass is 498 g/mol. The zero-order valence-electron chi connectivity index (χ0n) is 17.8. The molecule has 0 atom stereocenters. The predicted molar refractivity (Wildman–Crippen MR) is 119 cm³/mol. The smallest absolute Gasteiger partial charge is 0.332 e. The number of phenols is 1. The van der Waals surface area contributed by atoms with Gasteiger partial charge in [-0.05, 0) is 22.8 Å². The van der Waals surface area contributed by atoms with E-state index in [2.05, 4.69) is 0 Å². The van der Waals surface area contributed by atoms with E-state index in [0.717, 1.165) is 24.3 Å². The number of benzene rings is 3. The summed E-state index contributed by atoms with van der Waals surface area (Å²) in [6.45, 7) is 0. The Morgan fingerprint density at radius 1 is 0.543 bits per heavy atom. The molecule has 0 saturated carbocycles. The van der Waals surface area contributed by atoms with Gasteiger partial charge in [0, 0.05) is 16.7 Å². The van der Waals surface area contributed by atoms with Crippen LogP contribution in [0.5, 0.6) is 5.75 Å². The SMILES string of the molecule is Oc1cc(/C=C/c2ccc(C(F)(F)C(F)F)cc2)ccc1/C=C/c1ccc(C(F)(F)C(F)F)cc1. The number of halogens is 8. The van der Waals surface area contributed by atoms with Crippen LogP contribution >= 0.6 is 0 Å². The van der Waals surface area contributed by atoms with Crippen molar-refractivity contribution in [2.45, 2.75) is 24.7 Å². The summed E-state index contributed by atoms with van der Waals surface area (Å²) in [4.78, 5) is 0. The third-order valence-electron chi connectivity index (χ3n) is 5.12. The highest BCUT2D eigenvalue weighted by atomic mass is 19.3. The minimum atomic E-state index is -4.25. The van der Waals surface area contributed by atoms with Gasteiger partial charge in [-0.25, -0.2) is 17.6 Å². The molecule has 0 aliphatic heterocycles. The van der Waals surface area contributed by atoms with E-state index in [1.165, 1.54) is 42.5 Å². The van der Waals surface area contributed by atoms with Crippen molar-refractivity contribution in [2.24, 2.45) is 0 Å². The van der Waals surface area contributed by atoms with Crippen LogP contribution < -0.4 is 0 Å². The molecule has 184 valence electrons. The van der Waals surface area contributed by atoms with Crippen molar-refractivity contribution >= 4 is 24.3 Å². The van der Waals surface area contributed by atoms with Crippen LogP contribution in [0.25, 0.3) is 24.3 Å². The van der Waals surface area contributed by atoms with Gasteiger partial charge in [0.05, 0.1) is 0 Å². The Labute approximate surface area is 195 Å². The van der Waals surface area contributed by atoms with Crippen LogP contribution in [0.2, 0.25) is 0 Å². The van der Waals surface area contributed by atoms with Crippen molar-refractivity contribution in [3.63, 3.8) is 0 Å². The Hall–Kier alpha value is -3.62. The second-order valence-electron chi connectivity index (χ2n) is 7.58. The van der Waals surface area contributed by atoms with Gasteiger partial charge in [-0.1, -0.05) is 85.0 Å². The Bertz CT molecular complexity index is 1200. The third-order valence-corrected chi connectivity index (χ3v) is 5.12. The predicted octanol–water partition coefficient (Wildman–Crippen LogP) is 8.45.